The Morgan fingerprint density at radius 3 is 1.52 bits per heavy atom. The highest BCUT2D eigenvalue weighted by molar-refractivity contribution is 6.00. The predicted octanol–water partition coefficient (Wildman–Crippen LogP) is 3.62. The lowest BCUT2D eigenvalue weighted by Gasteiger charge is -2.14. The molecule has 23 heavy (non-hydrogen) atoms. The lowest BCUT2D eigenvalue weighted by molar-refractivity contribution is 0.0593. The number of benzene rings is 2. The second kappa shape index (κ2) is 6.96. The average molecular weight is 313 g/mol. The molecule has 0 spiro atoms. The summed E-state index contributed by atoms with van der Waals surface area (Å²) in [7, 11) is 2.67. The molecule has 5 heteroatoms. The van der Waals surface area contributed by atoms with E-state index in [0.717, 1.165) is 11.1 Å². The first-order valence-corrected chi connectivity index (χ1v) is 7.11. The molecule has 0 atom stereocenters. The summed E-state index contributed by atoms with van der Waals surface area (Å²) in [6, 6.07) is 10.8. The number of rotatable bonds is 4. The Balaban J connectivity index is 2.48. The SMILES string of the molecule is COC(=O)c1cc(C)ccc1Nc1ccc(C)cc1C(=O)OC. The van der Waals surface area contributed by atoms with Crippen LogP contribution in [-0.2, 0) is 9.47 Å². The van der Waals surface area contributed by atoms with Crippen LogP contribution >= 0.6 is 0 Å². The van der Waals surface area contributed by atoms with Gasteiger partial charge in [0.05, 0.1) is 36.7 Å². The maximum absolute atomic E-state index is 12.0. The van der Waals surface area contributed by atoms with E-state index in [1.807, 2.05) is 26.0 Å². The summed E-state index contributed by atoms with van der Waals surface area (Å²) >= 11 is 0. The Hall–Kier alpha value is -2.82. The molecule has 1 N–H and O–H groups in total. The van der Waals surface area contributed by atoms with Crippen molar-refractivity contribution in [2.75, 3.05) is 19.5 Å². The van der Waals surface area contributed by atoms with E-state index in [9.17, 15) is 9.59 Å². The second-order valence-corrected chi connectivity index (χ2v) is 5.21. The summed E-state index contributed by atoms with van der Waals surface area (Å²) in [4.78, 5) is 23.9. The van der Waals surface area contributed by atoms with Crippen molar-refractivity contribution in [2.45, 2.75) is 13.8 Å². The molecule has 0 fully saturated rings. The number of aryl methyl sites for hydroxylation is 2. The smallest absolute Gasteiger partial charge is 0.339 e. The van der Waals surface area contributed by atoms with Gasteiger partial charge in [-0.05, 0) is 38.1 Å². The third-order valence-corrected chi connectivity index (χ3v) is 3.43. The molecule has 0 aromatic heterocycles. The van der Waals surface area contributed by atoms with Gasteiger partial charge in [0.15, 0.2) is 0 Å². The fourth-order valence-corrected chi connectivity index (χ4v) is 2.24. The molecule has 0 saturated carbocycles. The standard InChI is InChI=1S/C18H19NO4/c1-11-5-7-15(13(9-11)17(20)22-3)19-16-8-6-12(2)10-14(16)18(21)23-4/h5-10,19H,1-4H3. The van der Waals surface area contributed by atoms with Crippen LogP contribution in [0.4, 0.5) is 11.4 Å². The van der Waals surface area contributed by atoms with E-state index in [1.165, 1.54) is 14.2 Å². The molecule has 2 aromatic carbocycles. The van der Waals surface area contributed by atoms with Gasteiger partial charge in [-0.25, -0.2) is 9.59 Å². The molecule has 2 rings (SSSR count). The highest BCUT2D eigenvalue weighted by Gasteiger charge is 2.16. The molecule has 0 heterocycles. The lowest BCUT2D eigenvalue weighted by Crippen LogP contribution is -2.09. The van der Waals surface area contributed by atoms with Gasteiger partial charge in [0.25, 0.3) is 0 Å². The van der Waals surface area contributed by atoms with E-state index in [4.69, 9.17) is 9.47 Å². The third kappa shape index (κ3) is 3.69. The number of carbonyl (C=O) groups is 2. The Morgan fingerprint density at radius 2 is 1.17 bits per heavy atom. The van der Waals surface area contributed by atoms with Crippen molar-refractivity contribution < 1.29 is 19.1 Å². The summed E-state index contributed by atoms with van der Waals surface area (Å²) in [5.74, 6) is -0.883. The van der Waals surface area contributed by atoms with Gasteiger partial charge in [-0.2, -0.15) is 0 Å². The molecule has 5 nitrogen and oxygen atoms in total. The van der Waals surface area contributed by atoms with Gasteiger partial charge in [0, 0.05) is 0 Å². The largest absolute Gasteiger partial charge is 0.465 e. The number of methoxy groups -OCH3 is 2. The number of carbonyl (C=O) groups excluding carboxylic acids is 2. The molecule has 0 aliphatic rings. The van der Waals surface area contributed by atoms with Crippen LogP contribution in [0.3, 0.4) is 0 Å². The molecular weight excluding hydrogens is 294 g/mol. The van der Waals surface area contributed by atoms with Gasteiger partial charge in [-0.1, -0.05) is 23.3 Å². The van der Waals surface area contributed by atoms with E-state index in [0.29, 0.717) is 22.5 Å². The topological polar surface area (TPSA) is 64.6 Å². The van der Waals surface area contributed by atoms with Crippen molar-refractivity contribution in [1.29, 1.82) is 0 Å². The Morgan fingerprint density at radius 1 is 0.783 bits per heavy atom. The van der Waals surface area contributed by atoms with Crippen molar-refractivity contribution >= 4 is 23.3 Å². The number of ether oxygens (including phenoxy) is 2. The fraction of sp³-hybridized carbons (Fsp3) is 0.222. The molecule has 120 valence electrons. The Labute approximate surface area is 135 Å². The highest BCUT2D eigenvalue weighted by Crippen LogP contribution is 2.26. The number of hydrogen-bond acceptors (Lipinski definition) is 5. The van der Waals surface area contributed by atoms with Gasteiger partial charge in [-0.15, -0.1) is 0 Å². The molecule has 0 radical (unpaired) electrons. The zero-order chi connectivity index (χ0) is 17.0. The van der Waals surface area contributed by atoms with Crippen molar-refractivity contribution in [1.82, 2.24) is 0 Å². The van der Waals surface area contributed by atoms with Gasteiger partial charge in [-0.3, -0.25) is 0 Å². The van der Waals surface area contributed by atoms with Crippen LogP contribution in [0, 0.1) is 13.8 Å². The second-order valence-electron chi connectivity index (χ2n) is 5.21. The predicted molar refractivity (Wildman–Crippen MR) is 88.3 cm³/mol. The van der Waals surface area contributed by atoms with Gasteiger partial charge in [0.2, 0.25) is 0 Å². The van der Waals surface area contributed by atoms with E-state index in [2.05, 4.69) is 5.32 Å². The highest BCUT2D eigenvalue weighted by atomic mass is 16.5. The van der Waals surface area contributed by atoms with Crippen LogP contribution in [0.2, 0.25) is 0 Å². The lowest BCUT2D eigenvalue weighted by atomic mass is 10.1. The molecule has 0 aliphatic heterocycles. The van der Waals surface area contributed by atoms with Crippen molar-refractivity contribution in [3.8, 4) is 0 Å². The quantitative estimate of drug-likeness (QED) is 0.873. The first-order chi connectivity index (χ1) is 11.0. The summed E-state index contributed by atoms with van der Waals surface area (Å²) in [6.45, 7) is 3.78. The normalized spacial score (nSPS) is 10.1. The summed E-state index contributed by atoms with van der Waals surface area (Å²) in [5, 5.41) is 3.12. The van der Waals surface area contributed by atoms with Crippen molar-refractivity contribution in [3.05, 3.63) is 58.7 Å². The Kier molecular flexibility index (Phi) is 5.01. The zero-order valence-corrected chi connectivity index (χ0v) is 13.6. The van der Waals surface area contributed by atoms with E-state index < -0.39 is 11.9 Å². The number of hydrogen-bond donors (Lipinski definition) is 1. The van der Waals surface area contributed by atoms with E-state index in [1.54, 1.807) is 24.3 Å². The van der Waals surface area contributed by atoms with Crippen LogP contribution in [0.15, 0.2) is 36.4 Å². The van der Waals surface area contributed by atoms with Crippen LogP contribution in [0.1, 0.15) is 31.8 Å². The first-order valence-electron chi connectivity index (χ1n) is 7.11. The van der Waals surface area contributed by atoms with Crippen LogP contribution in [0.5, 0.6) is 0 Å². The monoisotopic (exact) mass is 313 g/mol. The number of anilines is 2. The van der Waals surface area contributed by atoms with Gasteiger partial charge >= 0.3 is 11.9 Å². The molecule has 0 amide bonds. The summed E-state index contributed by atoms with van der Waals surface area (Å²) < 4.78 is 9.63. The van der Waals surface area contributed by atoms with Crippen molar-refractivity contribution in [3.63, 3.8) is 0 Å². The maximum Gasteiger partial charge on any atom is 0.339 e. The van der Waals surface area contributed by atoms with E-state index in [-0.39, 0.29) is 0 Å². The Bertz CT molecular complexity index is 689. The molecule has 0 aliphatic carbocycles. The van der Waals surface area contributed by atoms with E-state index >= 15 is 0 Å². The molecule has 0 bridgehead atoms. The van der Waals surface area contributed by atoms with Gasteiger partial charge in [0.1, 0.15) is 0 Å². The minimum Gasteiger partial charge on any atom is -0.465 e. The molecular formula is C18H19NO4. The molecule has 0 unspecified atom stereocenters. The molecule has 2 aromatic rings. The minimum absolute atomic E-state index is 0.406. The van der Waals surface area contributed by atoms with Gasteiger partial charge < -0.3 is 14.8 Å². The minimum atomic E-state index is -0.442. The number of esters is 2. The summed E-state index contributed by atoms with van der Waals surface area (Å²) in [6.07, 6.45) is 0. The maximum atomic E-state index is 12.0. The zero-order valence-electron chi connectivity index (χ0n) is 13.6. The van der Waals surface area contributed by atoms with Crippen LogP contribution < -0.4 is 5.32 Å². The first kappa shape index (κ1) is 16.5. The van der Waals surface area contributed by atoms with Crippen LogP contribution in [0.25, 0.3) is 0 Å². The summed E-state index contributed by atoms with van der Waals surface area (Å²) in [5.41, 5.74) is 3.82. The molecule has 0 saturated heterocycles. The fourth-order valence-electron chi connectivity index (χ4n) is 2.24. The number of nitrogens with one attached hydrogen (secondary N) is 1. The van der Waals surface area contributed by atoms with Crippen molar-refractivity contribution in [2.24, 2.45) is 0 Å². The average Bonchev–Trinajstić information content (AvgIpc) is 2.56. The van der Waals surface area contributed by atoms with Crippen LogP contribution in [-0.4, -0.2) is 26.2 Å². The third-order valence-electron chi connectivity index (χ3n) is 3.43.